The van der Waals surface area contributed by atoms with Crippen molar-refractivity contribution in [2.45, 2.75) is 82.5 Å². The highest BCUT2D eigenvalue weighted by molar-refractivity contribution is 5.98. The van der Waals surface area contributed by atoms with E-state index in [0.29, 0.717) is 45.3 Å². The molecule has 3 aliphatic rings. The van der Waals surface area contributed by atoms with E-state index < -0.39 is 35.0 Å². The maximum absolute atomic E-state index is 14.1. The van der Waals surface area contributed by atoms with Crippen molar-refractivity contribution in [1.29, 1.82) is 0 Å². The summed E-state index contributed by atoms with van der Waals surface area (Å²) in [4.78, 5) is 44.5. The number of nitrogens with zero attached hydrogens (tertiary/aromatic N) is 2. The highest BCUT2D eigenvalue weighted by Crippen LogP contribution is 2.63. The summed E-state index contributed by atoms with van der Waals surface area (Å²) in [5.41, 5.74) is -1.88. The zero-order valence-corrected chi connectivity index (χ0v) is 21.4. The van der Waals surface area contributed by atoms with Crippen molar-refractivity contribution in [2.75, 3.05) is 32.8 Å². The SMILES string of the molecule is C=CCOC(=O)[C@H]1[C@H]2C(=O)N(CCCCCO)C(C(=O)N(CC=C)CCCCC)C23CC[C@]1(C)O3. The fourth-order valence-corrected chi connectivity index (χ4v) is 6.28. The van der Waals surface area contributed by atoms with Gasteiger partial charge >= 0.3 is 5.97 Å². The van der Waals surface area contributed by atoms with E-state index in [1.165, 1.54) is 6.08 Å². The van der Waals surface area contributed by atoms with Crippen LogP contribution in [-0.4, -0.2) is 82.8 Å². The van der Waals surface area contributed by atoms with Crippen molar-refractivity contribution in [3.63, 3.8) is 0 Å². The van der Waals surface area contributed by atoms with E-state index in [4.69, 9.17) is 14.6 Å². The van der Waals surface area contributed by atoms with Gasteiger partial charge in [0.1, 0.15) is 24.2 Å². The van der Waals surface area contributed by atoms with Gasteiger partial charge in [-0.3, -0.25) is 14.4 Å². The first-order chi connectivity index (χ1) is 16.8. The number of ether oxygens (including phenoxy) is 2. The van der Waals surface area contributed by atoms with Crippen LogP contribution in [0.25, 0.3) is 0 Å². The van der Waals surface area contributed by atoms with Crippen LogP contribution in [0.2, 0.25) is 0 Å². The zero-order chi connectivity index (χ0) is 25.6. The Bertz CT molecular complexity index is 815. The molecule has 3 fully saturated rings. The molecule has 5 atom stereocenters. The van der Waals surface area contributed by atoms with Crippen molar-refractivity contribution in [1.82, 2.24) is 9.80 Å². The Labute approximate surface area is 209 Å². The fourth-order valence-electron chi connectivity index (χ4n) is 6.28. The van der Waals surface area contributed by atoms with Crippen molar-refractivity contribution >= 4 is 17.8 Å². The summed E-state index contributed by atoms with van der Waals surface area (Å²) in [7, 11) is 0. The summed E-state index contributed by atoms with van der Waals surface area (Å²) in [5.74, 6) is -2.31. The van der Waals surface area contributed by atoms with E-state index in [-0.39, 0.29) is 25.0 Å². The number of hydrogen-bond acceptors (Lipinski definition) is 6. The lowest BCUT2D eigenvalue weighted by Crippen LogP contribution is -2.56. The molecule has 8 heteroatoms. The third kappa shape index (κ3) is 5.05. The van der Waals surface area contributed by atoms with Crippen molar-refractivity contribution < 1.29 is 29.0 Å². The van der Waals surface area contributed by atoms with Crippen LogP contribution in [0.15, 0.2) is 25.3 Å². The van der Waals surface area contributed by atoms with Crippen LogP contribution in [0.4, 0.5) is 0 Å². The van der Waals surface area contributed by atoms with Crippen LogP contribution >= 0.6 is 0 Å². The Morgan fingerprint density at radius 2 is 1.97 bits per heavy atom. The molecule has 0 aliphatic carbocycles. The fraction of sp³-hybridized carbons (Fsp3) is 0.741. The second kappa shape index (κ2) is 11.7. The molecule has 196 valence electrons. The van der Waals surface area contributed by atoms with E-state index >= 15 is 0 Å². The smallest absolute Gasteiger partial charge is 0.313 e. The predicted molar refractivity (Wildman–Crippen MR) is 132 cm³/mol. The monoisotopic (exact) mass is 490 g/mol. The van der Waals surface area contributed by atoms with Gasteiger partial charge < -0.3 is 24.4 Å². The molecule has 2 unspecified atom stereocenters. The van der Waals surface area contributed by atoms with Gasteiger partial charge in [-0.2, -0.15) is 0 Å². The first-order valence-electron chi connectivity index (χ1n) is 13.1. The third-order valence-corrected chi connectivity index (χ3v) is 7.86. The minimum atomic E-state index is -1.04. The first-order valence-corrected chi connectivity index (χ1v) is 13.1. The molecule has 2 bridgehead atoms. The lowest BCUT2D eigenvalue weighted by atomic mass is 9.66. The maximum Gasteiger partial charge on any atom is 0.313 e. The van der Waals surface area contributed by atoms with Gasteiger partial charge in [-0.25, -0.2) is 0 Å². The summed E-state index contributed by atoms with van der Waals surface area (Å²) in [6.45, 7) is 12.9. The Hall–Kier alpha value is -2.19. The molecular formula is C27H42N2O6. The lowest BCUT2D eigenvalue weighted by molar-refractivity contribution is -0.159. The van der Waals surface area contributed by atoms with Gasteiger partial charge in [-0.15, -0.1) is 6.58 Å². The summed E-state index contributed by atoms with van der Waals surface area (Å²) < 4.78 is 12.0. The van der Waals surface area contributed by atoms with Crippen LogP contribution in [0.1, 0.15) is 65.2 Å². The number of aliphatic hydroxyl groups is 1. The minimum absolute atomic E-state index is 0.0666. The minimum Gasteiger partial charge on any atom is -0.461 e. The third-order valence-electron chi connectivity index (χ3n) is 7.86. The number of hydrogen-bond donors (Lipinski definition) is 1. The van der Waals surface area contributed by atoms with Crippen LogP contribution in [0.3, 0.4) is 0 Å². The van der Waals surface area contributed by atoms with Crippen molar-refractivity contribution in [2.24, 2.45) is 11.8 Å². The van der Waals surface area contributed by atoms with Gasteiger partial charge in [0.15, 0.2) is 0 Å². The molecule has 0 aromatic heterocycles. The van der Waals surface area contributed by atoms with Crippen LogP contribution in [0, 0.1) is 11.8 Å². The molecule has 3 rings (SSSR count). The molecule has 1 spiro atoms. The van der Waals surface area contributed by atoms with Gasteiger partial charge in [0.05, 0.1) is 11.5 Å². The largest absolute Gasteiger partial charge is 0.461 e. The van der Waals surface area contributed by atoms with E-state index in [1.807, 2.05) is 6.92 Å². The molecule has 8 nitrogen and oxygen atoms in total. The summed E-state index contributed by atoms with van der Waals surface area (Å²) in [6, 6.07) is -0.783. The number of esters is 1. The second-order valence-corrected chi connectivity index (χ2v) is 10.2. The van der Waals surface area contributed by atoms with Crippen LogP contribution in [0.5, 0.6) is 0 Å². The molecular weight excluding hydrogens is 448 g/mol. The van der Waals surface area contributed by atoms with Gasteiger partial charge in [0.2, 0.25) is 11.8 Å². The number of aliphatic hydroxyl groups excluding tert-OH is 1. The quantitative estimate of drug-likeness (QED) is 0.215. The van der Waals surface area contributed by atoms with E-state index in [2.05, 4.69) is 20.1 Å². The number of amides is 2. The highest BCUT2D eigenvalue weighted by Gasteiger charge is 2.78. The molecule has 0 radical (unpaired) electrons. The molecule has 1 N–H and O–H groups in total. The Morgan fingerprint density at radius 1 is 1.20 bits per heavy atom. The van der Waals surface area contributed by atoms with Gasteiger partial charge in [0, 0.05) is 26.2 Å². The van der Waals surface area contributed by atoms with E-state index in [1.54, 1.807) is 15.9 Å². The molecule has 0 aromatic carbocycles. The van der Waals surface area contributed by atoms with Crippen LogP contribution in [-0.2, 0) is 23.9 Å². The highest BCUT2D eigenvalue weighted by atomic mass is 16.6. The van der Waals surface area contributed by atoms with Crippen LogP contribution < -0.4 is 0 Å². The summed E-state index contributed by atoms with van der Waals surface area (Å²) in [6.07, 6.45) is 9.32. The number of fused-ring (bicyclic) bond motifs is 1. The van der Waals surface area contributed by atoms with Crippen molar-refractivity contribution in [3.05, 3.63) is 25.3 Å². The number of carbonyl (C=O) groups is 3. The average Bonchev–Trinajstić information content (AvgIpc) is 3.40. The van der Waals surface area contributed by atoms with Gasteiger partial charge in [-0.05, 0) is 45.4 Å². The number of rotatable bonds is 15. The molecule has 3 aliphatic heterocycles. The second-order valence-electron chi connectivity index (χ2n) is 10.2. The molecule has 35 heavy (non-hydrogen) atoms. The Kier molecular flexibility index (Phi) is 9.16. The van der Waals surface area contributed by atoms with E-state index in [0.717, 1.165) is 25.7 Å². The first kappa shape index (κ1) is 27.4. The standard InChI is InChI=1S/C27H42N2O6/c1-5-8-10-16-28(15-6-2)24(32)22-27-14-13-26(4,35-27)21(25(33)34-19-7-3)20(27)23(31)29(22)17-11-9-12-18-30/h6-7,20-22,30H,2-3,5,8-19H2,1,4H3/t20-,21+,22?,26-,27?/m0/s1. The lowest BCUT2D eigenvalue weighted by Gasteiger charge is -2.37. The van der Waals surface area contributed by atoms with Crippen molar-refractivity contribution in [3.8, 4) is 0 Å². The van der Waals surface area contributed by atoms with Gasteiger partial charge in [0.25, 0.3) is 0 Å². The van der Waals surface area contributed by atoms with Gasteiger partial charge in [-0.1, -0.05) is 38.5 Å². The molecule has 3 heterocycles. The topological polar surface area (TPSA) is 96.4 Å². The normalized spacial score (nSPS) is 30.9. The summed E-state index contributed by atoms with van der Waals surface area (Å²) in [5, 5.41) is 9.17. The summed E-state index contributed by atoms with van der Waals surface area (Å²) >= 11 is 0. The zero-order valence-electron chi connectivity index (χ0n) is 21.4. The Morgan fingerprint density at radius 3 is 2.63 bits per heavy atom. The molecule has 0 aromatic rings. The Balaban J connectivity index is 1.96. The average molecular weight is 491 g/mol. The number of likely N-dealkylation sites (tertiary alicyclic amines) is 1. The number of unbranched alkanes of at least 4 members (excludes halogenated alkanes) is 4. The molecule has 3 saturated heterocycles. The molecule has 0 saturated carbocycles. The van der Waals surface area contributed by atoms with E-state index in [9.17, 15) is 14.4 Å². The predicted octanol–water partition coefficient (Wildman–Crippen LogP) is 2.85. The number of carbonyl (C=O) groups excluding carboxylic acids is 3. The molecule has 2 amide bonds. The maximum atomic E-state index is 14.1.